The van der Waals surface area contributed by atoms with E-state index in [0.29, 0.717) is 5.56 Å². The molecular weight excluding hydrogens is 268 g/mol. The van der Waals surface area contributed by atoms with E-state index in [0.717, 1.165) is 21.7 Å². The van der Waals surface area contributed by atoms with Crippen LogP contribution in [-0.4, -0.2) is 9.97 Å². The molecule has 0 atom stereocenters. The molecule has 1 aromatic carbocycles. The zero-order valence-corrected chi connectivity index (χ0v) is 12.0. The van der Waals surface area contributed by atoms with Crippen molar-refractivity contribution < 1.29 is 0 Å². The van der Waals surface area contributed by atoms with Crippen molar-refractivity contribution in [2.24, 2.45) is 0 Å². The molecule has 3 aromatic rings. The first-order valence-corrected chi connectivity index (χ1v) is 6.98. The number of aryl methyl sites for hydroxylation is 2. The smallest absolute Gasteiger partial charge is 0.142 e. The highest BCUT2D eigenvalue weighted by atomic mass is 32.1. The van der Waals surface area contributed by atoms with Gasteiger partial charge in [0.25, 0.3) is 0 Å². The molecule has 0 saturated heterocycles. The van der Waals surface area contributed by atoms with Gasteiger partial charge in [0.2, 0.25) is 0 Å². The van der Waals surface area contributed by atoms with E-state index < -0.39 is 0 Å². The van der Waals surface area contributed by atoms with Gasteiger partial charge < -0.3 is 5.32 Å². The third-order valence-electron chi connectivity index (χ3n) is 3.22. The Kier molecular flexibility index (Phi) is 3.09. The fourth-order valence-electron chi connectivity index (χ4n) is 2.08. The first kappa shape index (κ1) is 12.6. The van der Waals surface area contributed by atoms with Gasteiger partial charge in [-0.2, -0.15) is 5.26 Å². The number of nitrogens with one attached hydrogen (secondary N) is 1. The minimum atomic E-state index is 0.624. The monoisotopic (exact) mass is 280 g/mol. The number of anilines is 2. The van der Waals surface area contributed by atoms with Gasteiger partial charge in [-0.3, -0.25) is 0 Å². The van der Waals surface area contributed by atoms with Crippen LogP contribution in [-0.2, 0) is 0 Å². The average Bonchev–Trinajstić information content (AvgIpc) is 2.75. The zero-order chi connectivity index (χ0) is 14.1. The van der Waals surface area contributed by atoms with Gasteiger partial charge >= 0.3 is 0 Å². The van der Waals surface area contributed by atoms with Gasteiger partial charge in [-0.1, -0.05) is 6.07 Å². The van der Waals surface area contributed by atoms with E-state index in [1.54, 1.807) is 23.7 Å². The van der Waals surface area contributed by atoms with Gasteiger partial charge in [0.15, 0.2) is 0 Å². The number of rotatable bonds is 2. The summed E-state index contributed by atoms with van der Waals surface area (Å²) in [6.07, 6.45) is 1.56. The first-order valence-electron chi connectivity index (χ1n) is 6.17. The van der Waals surface area contributed by atoms with Crippen LogP contribution in [0.25, 0.3) is 10.2 Å². The molecule has 0 fully saturated rings. The summed E-state index contributed by atoms with van der Waals surface area (Å²) in [6, 6.07) is 9.49. The zero-order valence-electron chi connectivity index (χ0n) is 11.1. The summed E-state index contributed by atoms with van der Waals surface area (Å²) in [5, 5.41) is 13.3. The summed E-state index contributed by atoms with van der Waals surface area (Å²) in [7, 11) is 0. The highest BCUT2D eigenvalue weighted by molar-refractivity contribution is 7.18. The second kappa shape index (κ2) is 4.91. The van der Waals surface area contributed by atoms with Gasteiger partial charge in [-0.05, 0) is 37.6 Å². The Hall–Kier alpha value is -2.45. The summed E-state index contributed by atoms with van der Waals surface area (Å²) in [5.74, 6) is 0.784. The maximum atomic E-state index is 8.95. The molecule has 0 unspecified atom stereocenters. The quantitative estimate of drug-likeness (QED) is 0.772. The Bertz CT molecular complexity index is 829. The van der Waals surface area contributed by atoms with Crippen LogP contribution in [0.15, 0.2) is 30.6 Å². The van der Waals surface area contributed by atoms with Crippen LogP contribution < -0.4 is 5.32 Å². The minimum absolute atomic E-state index is 0.624. The van der Waals surface area contributed by atoms with Crippen LogP contribution in [0.5, 0.6) is 0 Å². The molecule has 0 bridgehead atoms. The first-order chi connectivity index (χ1) is 9.69. The Morgan fingerprint density at radius 1 is 1.25 bits per heavy atom. The molecule has 3 rings (SSSR count). The van der Waals surface area contributed by atoms with Crippen LogP contribution in [0.4, 0.5) is 11.5 Å². The summed E-state index contributed by atoms with van der Waals surface area (Å²) in [4.78, 5) is 10.9. The second-order valence-corrected chi connectivity index (χ2v) is 5.71. The lowest BCUT2D eigenvalue weighted by atomic mass is 10.2. The maximum absolute atomic E-state index is 8.95. The third-order valence-corrected chi connectivity index (χ3v) is 4.34. The van der Waals surface area contributed by atoms with Crippen LogP contribution in [0.3, 0.4) is 0 Å². The highest BCUT2D eigenvalue weighted by Gasteiger charge is 2.12. The van der Waals surface area contributed by atoms with E-state index in [-0.39, 0.29) is 0 Å². The number of fused-ring (bicyclic) bond motifs is 1. The normalized spacial score (nSPS) is 10.4. The SMILES string of the molecule is Cc1sc2ncnc(Nc3cccc(C#N)c3)c2c1C. The predicted octanol–water partition coefficient (Wildman–Crippen LogP) is 3.92. The summed E-state index contributed by atoms with van der Waals surface area (Å²) >= 11 is 1.67. The molecule has 4 nitrogen and oxygen atoms in total. The van der Waals surface area contributed by atoms with Gasteiger partial charge in [-0.15, -0.1) is 11.3 Å². The molecule has 0 radical (unpaired) electrons. The average molecular weight is 280 g/mol. The Balaban J connectivity index is 2.09. The van der Waals surface area contributed by atoms with Crippen molar-refractivity contribution in [1.29, 1.82) is 5.26 Å². The lowest BCUT2D eigenvalue weighted by Gasteiger charge is -2.07. The van der Waals surface area contributed by atoms with Crippen molar-refractivity contribution in [2.45, 2.75) is 13.8 Å². The second-order valence-electron chi connectivity index (χ2n) is 4.50. The van der Waals surface area contributed by atoms with E-state index in [4.69, 9.17) is 5.26 Å². The number of hydrogen-bond donors (Lipinski definition) is 1. The molecule has 5 heteroatoms. The molecule has 0 aliphatic rings. The maximum Gasteiger partial charge on any atom is 0.142 e. The minimum Gasteiger partial charge on any atom is -0.340 e. The molecule has 0 aliphatic carbocycles. The van der Waals surface area contributed by atoms with Crippen LogP contribution in [0.1, 0.15) is 16.0 Å². The van der Waals surface area contributed by atoms with E-state index in [1.165, 1.54) is 10.4 Å². The number of hydrogen-bond acceptors (Lipinski definition) is 5. The summed E-state index contributed by atoms with van der Waals surface area (Å²) < 4.78 is 0. The molecule has 20 heavy (non-hydrogen) atoms. The summed E-state index contributed by atoms with van der Waals surface area (Å²) in [5.41, 5.74) is 2.68. The molecule has 0 spiro atoms. The van der Waals surface area contributed by atoms with Crippen molar-refractivity contribution >= 4 is 33.1 Å². The van der Waals surface area contributed by atoms with Crippen molar-refractivity contribution in [3.05, 3.63) is 46.6 Å². The topological polar surface area (TPSA) is 61.6 Å². The van der Waals surface area contributed by atoms with Crippen molar-refractivity contribution in [3.63, 3.8) is 0 Å². The van der Waals surface area contributed by atoms with Crippen molar-refractivity contribution in [2.75, 3.05) is 5.32 Å². The van der Waals surface area contributed by atoms with E-state index in [9.17, 15) is 0 Å². The van der Waals surface area contributed by atoms with Gasteiger partial charge in [-0.25, -0.2) is 9.97 Å². The van der Waals surface area contributed by atoms with Crippen molar-refractivity contribution in [3.8, 4) is 6.07 Å². The number of benzene rings is 1. The molecule has 0 saturated carbocycles. The van der Waals surface area contributed by atoms with E-state index in [2.05, 4.69) is 35.2 Å². The molecule has 0 aliphatic heterocycles. The number of aromatic nitrogens is 2. The van der Waals surface area contributed by atoms with Crippen LogP contribution >= 0.6 is 11.3 Å². The highest BCUT2D eigenvalue weighted by Crippen LogP contribution is 2.33. The Morgan fingerprint density at radius 2 is 2.10 bits per heavy atom. The van der Waals surface area contributed by atoms with E-state index >= 15 is 0 Å². The third kappa shape index (κ3) is 2.10. The van der Waals surface area contributed by atoms with E-state index in [1.807, 2.05) is 18.2 Å². The molecule has 98 valence electrons. The van der Waals surface area contributed by atoms with Gasteiger partial charge in [0.1, 0.15) is 17.0 Å². The Morgan fingerprint density at radius 3 is 2.90 bits per heavy atom. The molecule has 2 heterocycles. The molecule has 2 aromatic heterocycles. The summed E-state index contributed by atoms with van der Waals surface area (Å²) in [6.45, 7) is 4.16. The molecular formula is C15H12N4S. The fraction of sp³-hybridized carbons (Fsp3) is 0.133. The standard InChI is InChI=1S/C15H12N4S/c1-9-10(2)20-15-13(9)14(17-8-18-15)19-12-5-3-4-11(6-12)7-16/h3-6,8H,1-2H3,(H,17,18,19). The fourth-order valence-corrected chi connectivity index (χ4v) is 3.08. The number of nitrogens with zero attached hydrogens (tertiary/aromatic N) is 3. The number of thiophene rings is 1. The lowest BCUT2D eigenvalue weighted by molar-refractivity contribution is 1.22. The molecule has 0 amide bonds. The molecule has 1 N–H and O–H groups in total. The van der Waals surface area contributed by atoms with Crippen LogP contribution in [0.2, 0.25) is 0 Å². The van der Waals surface area contributed by atoms with Crippen molar-refractivity contribution in [1.82, 2.24) is 9.97 Å². The largest absolute Gasteiger partial charge is 0.340 e. The number of nitriles is 1. The van der Waals surface area contributed by atoms with Gasteiger partial charge in [0.05, 0.1) is 17.0 Å². The predicted molar refractivity (Wildman–Crippen MR) is 81.3 cm³/mol. The Labute approximate surface area is 120 Å². The van der Waals surface area contributed by atoms with Crippen LogP contribution in [0, 0.1) is 25.2 Å². The van der Waals surface area contributed by atoms with Gasteiger partial charge in [0, 0.05) is 10.6 Å². The lowest BCUT2D eigenvalue weighted by Crippen LogP contribution is -1.95.